The predicted octanol–water partition coefficient (Wildman–Crippen LogP) is 3.98. The van der Waals surface area contributed by atoms with Gasteiger partial charge in [0, 0.05) is 15.6 Å². The number of hydrogen-bond acceptors (Lipinski definition) is 6. The van der Waals surface area contributed by atoms with Crippen LogP contribution in [-0.4, -0.2) is 20.1 Å². The maximum atomic E-state index is 10.4. The number of nitrogens with zero attached hydrogens (tertiary/aromatic N) is 2. The van der Waals surface area contributed by atoms with Crippen LogP contribution in [0.1, 0.15) is 11.1 Å². The van der Waals surface area contributed by atoms with Gasteiger partial charge in [-0.3, -0.25) is 20.2 Å². The van der Waals surface area contributed by atoms with Crippen molar-refractivity contribution in [1.82, 2.24) is 0 Å². The van der Waals surface area contributed by atoms with Gasteiger partial charge in [-0.2, -0.15) is 0 Å². The first kappa shape index (κ1) is 18.4. The first-order valence-electron chi connectivity index (χ1n) is 6.22. The molecular weight excluding hydrogens is 372 g/mol. The number of aryl methyl sites for hydroxylation is 1. The van der Waals surface area contributed by atoms with E-state index in [1.165, 1.54) is 12.1 Å². The normalized spacial score (nSPS) is 9.70. The maximum Gasteiger partial charge on any atom is 0.314 e. The highest BCUT2D eigenvalue weighted by Gasteiger charge is 2.18. The van der Waals surface area contributed by atoms with Gasteiger partial charge in [0.05, 0.1) is 9.85 Å². The molecule has 0 aliphatic rings. The number of phenols is 2. The van der Waals surface area contributed by atoms with E-state index in [-0.39, 0.29) is 22.9 Å². The fourth-order valence-electron chi connectivity index (χ4n) is 1.77. The van der Waals surface area contributed by atoms with Crippen molar-refractivity contribution in [2.75, 3.05) is 0 Å². The van der Waals surface area contributed by atoms with Gasteiger partial charge in [0.15, 0.2) is 11.5 Å². The second-order valence-electron chi connectivity index (χ2n) is 4.50. The minimum absolute atomic E-state index is 0.215. The van der Waals surface area contributed by atoms with Crippen LogP contribution in [-0.2, 0) is 0 Å². The molecule has 0 spiro atoms. The Morgan fingerprint density at radius 2 is 1.43 bits per heavy atom. The molecular formula is C14H13BrN2O6. The lowest BCUT2D eigenvalue weighted by Gasteiger charge is -2.00. The second-order valence-corrected chi connectivity index (χ2v) is 5.35. The summed E-state index contributed by atoms with van der Waals surface area (Å²) in [5, 5.41) is 38.9. The summed E-state index contributed by atoms with van der Waals surface area (Å²) in [7, 11) is 0. The molecule has 9 heteroatoms. The summed E-state index contributed by atoms with van der Waals surface area (Å²) in [5.74, 6) is -0.587. The second kappa shape index (κ2) is 7.54. The molecule has 0 fully saturated rings. The number of benzene rings is 2. The van der Waals surface area contributed by atoms with Crippen molar-refractivity contribution in [3.05, 3.63) is 66.2 Å². The standard InChI is InChI=1S/C7H6BrNO3.C7H7NO3/c1-4-5(8)2-3-6(10)7(4)9(11)12;1-5-3-2-4-6(9)7(5)8(10)11/h2-3,10H,1H3;2-4,9H,1H3. The molecule has 122 valence electrons. The van der Waals surface area contributed by atoms with Gasteiger partial charge in [-0.05, 0) is 32.0 Å². The Labute approximate surface area is 139 Å². The highest BCUT2D eigenvalue weighted by atomic mass is 79.9. The average Bonchev–Trinajstić information content (AvgIpc) is 2.43. The summed E-state index contributed by atoms with van der Waals surface area (Å²) in [5.41, 5.74) is 0.437. The van der Waals surface area contributed by atoms with Crippen molar-refractivity contribution >= 4 is 27.3 Å². The molecule has 0 aromatic heterocycles. The van der Waals surface area contributed by atoms with Crippen LogP contribution in [0.25, 0.3) is 0 Å². The topological polar surface area (TPSA) is 127 Å². The van der Waals surface area contributed by atoms with E-state index >= 15 is 0 Å². The van der Waals surface area contributed by atoms with Crippen LogP contribution >= 0.6 is 15.9 Å². The summed E-state index contributed by atoms with van der Waals surface area (Å²) in [6.07, 6.45) is 0. The molecule has 0 aliphatic heterocycles. The third-order valence-corrected chi connectivity index (χ3v) is 3.78. The lowest BCUT2D eigenvalue weighted by molar-refractivity contribution is -0.386. The van der Waals surface area contributed by atoms with E-state index in [4.69, 9.17) is 10.2 Å². The highest BCUT2D eigenvalue weighted by Crippen LogP contribution is 2.33. The van der Waals surface area contributed by atoms with E-state index in [0.717, 1.165) is 0 Å². The Hall–Kier alpha value is -2.68. The third kappa shape index (κ3) is 4.39. The van der Waals surface area contributed by atoms with Crippen molar-refractivity contribution in [2.45, 2.75) is 13.8 Å². The molecule has 2 aromatic rings. The van der Waals surface area contributed by atoms with Crippen molar-refractivity contribution in [2.24, 2.45) is 0 Å². The van der Waals surface area contributed by atoms with Crippen LogP contribution in [0.2, 0.25) is 0 Å². The molecule has 0 atom stereocenters. The molecule has 2 aromatic carbocycles. The van der Waals surface area contributed by atoms with Crippen LogP contribution in [0.3, 0.4) is 0 Å². The van der Waals surface area contributed by atoms with Gasteiger partial charge >= 0.3 is 11.4 Å². The monoisotopic (exact) mass is 384 g/mol. The van der Waals surface area contributed by atoms with Gasteiger partial charge in [-0.25, -0.2) is 0 Å². The van der Waals surface area contributed by atoms with Gasteiger partial charge in [0.1, 0.15) is 0 Å². The first-order chi connectivity index (χ1) is 10.7. The van der Waals surface area contributed by atoms with Crippen molar-refractivity contribution < 1.29 is 20.1 Å². The van der Waals surface area contributed by atoms with Gasteiger partial charge in [-0.15, -0.1) is 0 Å². The predicted molar refractivity (Wildman–Crippen MR) is 86.7 cm³/mol. The Morgan fingerprint density at radius 3 is 1.83 bits per heavy atom. The summed E-state index contributed by atoms with van der Waals surface area (Å²) < 4.78 is 0.618. The van der Waals surface area contributed by atoms with E-state index in [0.29, 0.717) is 15.6 Å². The van der Waals surface area contributed by atoms with Gasteiger partial charge < -0.3 is 10.2 Å². The van der Waals surface area contributed by atoms with Gasteiger partial charge in [0.2, 0.25) is 0 Å². The maximum absolute atomic E-state index is 10.4. The Kier molecular flexibility index (Phi) is 6.02. The minimum atomic E-state index is -0.602. The zero-order valence-electron chi connectivity index (χ0n) is 12.2. The fourth-order valence-corrected chi connectivity index (χ4v) is 2.09. The summed E-state index contributed by atoms with van der Waals surface area (Å²) in [6, 6.07) is 7.30. The Morgan fingerprint density at radius 1 is 0.913 bits per heavy atom. The lowest BCUT2D eigenvalue weighted by Crippen LogP contribution is -1.92. The molecule has 0 radical (unpaired) electrons. The molecule has 0 unspecified atom stereocenters. The number of halogens is 1. The van der Waals surface area contributed by atoms with E-state index in [9.17, 15) is 20.2 Å². The number of hydrogen-bond donors (Lipinski definition) is 2. The van der Waals surface area contributed by atoms with Crippen molar-refractivity contribution in [3.8, 4) is 11.5 Å². The number of para-hydroxylation sites is 1. The number of phenolic OH excluding ortho intramolecular Hbond substituents is 2. The molecule has 23 heavy (non-hydrogen) atoms. The number of rotatable bonds is 2. The van der Waals surface area contributed by atoms with Crippen LogP contribution in [0.5, 0.6) is 11.5 Å². The molecule has 0 saturated carbocycles. The molecule has 2 N–H and O–H groups in total. The number of nitro groups is 2. The zero-order valence-corrected chi connectivity index (χ0v) is 13.8. The lowest BCUT2D eigenvalue weighted by atomic mass is 10.2. The molecule has 2 rings (SSSR count). The van der Waals surface area contributed by atoms with Crippen molar-refractivity contribution in [3.63, 3.8) is 0 Å². The Balaban J connectivity index is 0.000000231. The number of aromatic hydroxyl groups is 2. The number of nitro benzene ring substituents is 2. The molecule has 0 bridgehead atoms. The van der Waals surface area contributed by atoms with E-state index in [1.54, 1.807) is 32.0 Å². The molecule has 0 saturated heterocycles. The van der Waals surface area contributed by atoms with E-state index < -0.39 is 9.85 Å². The minimum Gasteiger partial charge on any atom is -0.502 e. The summed E-state index contributed by atoms with van der Waals surface area (Å²) >= 11 is 3.13. The first-order valence-corrected chi connectivity index (χ1v) is 7.01. The van der Waals surface area contributed by atoms with Crippen molar-refractivity contribution in [1.29, 1.82) is 0 Å². The van der Waals surface area contributed by atoms with Crippen LogP contribution in [0.15, 0.2) is 34.8 Å². The third-order valence-electron chi connectivity index (χ3n) is 2.93. The highest BCUT2D eigenvalue weighted by molar-refractivity contribution is 9.10. The summed E-state index contributed by atoms with van der Waals surface area (Å²) in [6.45, 7) is 3.15. The Bertz CT molecular complexity index is 743. The molecule has 0 aliphatic carbocycles. The van der Waals surface area contributed by atoms with E-state index in [2.05, 4.69) is 15.9 Å². The smallest absolute Gasteiger partial charge is 0.314 e. The van der Waals surface area contributed by atoms with Crippen LogP contribution in [0, 0.1) is 34.1 Å². The van der Waals surface area contributed by atoms with Crippen LogP contribution < -0.4 is 0 Å². The van der Waals surface area contributed by atoms with Gasteiger partial charge in [-0.1, -0.05) is 28.1 Å². The zero-order chi connectivity index (χ0) is 17.7. The average molecular weight is 385 g/mol. The quantitative estimate of drug-likeness (QED) is 0.595. The van der Waals surface area contributed by atoms with Crippen LogP contribution in [0.4, 0.5) is 11.4 Å². The largest absolute Gasteiger partial charge is 0.502 e. The van der Waals surface area contributed by atoms with E-state index in [1.807, 2.05) is 0 Å². The molecule has 0 amide bonds. The molecule has 8 nitrogen and oxygen atoms in total. The van der Waals surface area contributed by atoms with Gasteiger partial charge in [0.25, 0.3) is 0 Å². The fraction of sp³-hybridized carbons (Fsp3) is 0.143. The SMILES string of the molecule is Cc1c(Br)ccc(O)c1[N+](=O)[O-].Cc1cccc(O)c1[N+](=O)[O-]. The molecule has 0 heterocycles. The summed E-state index contributed by atoms with van der Waals surface area (Å²) in [4.78, 5) is 19.5.